The zero-order valence-electron chi connectivity index (χ0n) is 10.7. The summed E-state index contributed by atoms with van der Waals surface area (Å²) in [5.41, 5.74) is 5.64. The van der Waals surface area contributed by atoms with E-state index in [1.807, 2.05) is 6.07 Å². The predicted molar refractivity (Wildman–Crippen MR) is 87.4 cm³/mol. The lowest BCUT2D eigenvalue weighted by Gasteiger charge is -2.12. The smallest absolute Gasteiger partial charge is 0.269 e. The molecule has 0 aromatic heterocycles. The third-order valence-electron chi connectivity index (χ3n) is 2.50. The van der Waals surface area contributed by atoms with Gasteiger partial charge in [0.1, 0.15) is 5.82 Å². The van der Waals surface area contributed by atoms with E-state index in [4.69, 9.17) is 12.2 Å². The van der Waals surface area contributed by atoms with Gasteiger partial charge in [-0.1, -0.05) is 34.1 Å². The first kappa shape index (κ1) is 15.4. The third kappa shape index (κ3) is 4.51. The lowest BCUT2D eigenvalue weighted by atomic mass is 10.2. The fourth-order valence-electron chi connectivity index (χ4n) is 1.53. The molecule has 2 rings (SSSR count). The molecule has 0 unspecified atom stereocenters. The number of hydrogen-bond acceptors (Lipinski definition) is 2. The van der Waals surface area contributed by atoms with Gasteiger partial charge in [0.05, 0.1) is 5.69 Å². The Balaban J connectivity index is 1.90. The molecular formula is C14H11BrFN3OS. The number of carbonyl (C=O) groups is 1. The maximum Gasteiger partial charge on any atom is 0.269 e. The number of benzene rings is 2. The highest BCUT2D eigenvalue weighted by Crippen LogP contribution is 2.12. The van der Waals surface area contributed by atoms with Gasteiger partial charge < -0.3 is 5.32 Å². The summed E-state index contributed by atoms with van der Waals surface area (Å²) in [6.45, 7) is 0. The minimum Gasteiger partial charge on any atom is -0.329 e. The van der Waals surface area contributed by atoms with Crippen LogP contribution in [0.5, 0.6) is 0 Å². The van der Waals surface area contributed by atoms with Crippen LogP contribution in [0.2, 0.25) is 0 Å². The molecule has 0 bridgehead atoms. The van der Waals surface area contributed by atoms with Gasteiger partial charge >= 0.3 is 0 Å². The highest BCUT2D eigenvalue weighted by molar-refractivity contribution is 9.10. The fraction of sp³-hybridized carbons (Fsp3) is 0. The van der Waals surface area contributed by atoms with Crippen molar-refractivity contribution in [3.05, 3.63) is 64.4 Å². The Morgan fingerprint density at radius 3 is 2.57 bits per heavy atom. The van der Waals surface area contributed by atoms with Crippen molar-refractivity contribution in [2.75, 3.05) is 5.32 Å². The van der Waals surface area contributed by atoms with Crippen molar-refractivity contribution in [1.29, 1.82) is 0 Å². The summed E-state index contributed by atoms with van der Waals surface area (Å²) in [6.07, 6.45) is 0. The number of hydrogen-bond donors (Lipinski definition) is 3. The number of rotatable bonds is 2. The SMILES string of the molecule is O=C(NNC(=S)Nc1ccccc1F)c1cccc(Br)c1. The van der Waals surface area contributed by atoms with Crippen LogP contribution in [0.25, 0.3) is 0 Å². The Morgan fingerprint density at radius 2 is 1.86 bits per heavy atom. The second-order valence-corrected chi connectivity index (χ2v) is 5.35. The summed E-state index contributed by atoms with van der Waals surface area (Å²) >= 11 is 8.26. The Kier molecular flexibility index (Phi) is 5.24. The molecule has 0 atom stereocenters. The van der Waals surface area contributed by atoms with Crippen LogP contribution in [0.3, 0.4) is 0 Å². The van der Waals surface area contributed by atoms with Crippen LogP contribution in [0, 0.1) is 5.82 Å². The molecule has 2 aromatic rings. The van der Waals surface area contributed by atoms with Gasteiger partial charge in [-0.05, 0) is 42.5 Å². The van der Waals surface area contributed by atoms with Crippen LogP contribution in [0.15, 0.2) is 53.0 Å². The average Bonchev–Trinajstić information content (AvgIpc) is 2.47. The molecular weight excluding hydrogens is 357 g/mol. The van der Waals surface area contributed by atoms with Crippen LogP contribution < -0.4 is 16.2 Å². The van der Waals surface area contributed by atoms with Crippen LogP contribution >= 0.6 is 28.1 Å². The number of halogens is 2. The summed E-state index contributed by atoms with van der Waals surface area (Å²) in [5.74, 6) is -0.783. The molecule has 0 radical (unpaired) electrons. The number of hydrazine groups is 1. The Bertz CT molecular complexity index is 681. The molecule has 0 aliphatic heterocycles. The third-order valence-corrected chi connectivity index (χ3v) is 3.20. The van der Waals surface area contributed by atoms with Crippen LogP contribution in [-0.2, 0) is 0 Å². The number of anilines is 1. The minimum atomic E-state index is -0.431. The highest BCUT2D eigenvalue weighted by atomic mass is 79.9. The molecule has 2 aromatic carbocycles. The van der Waals surface area contributed by atoms with Crippen molar-refractivity contribution >= 4 is 44.9 Å². The lowest BCUT2D eigenvalue weighted by molar-refractivity contribution is 0.0944. The van der Waals surface area contributed by atoms with Crippen LogP contribution in [-0.4, -0.2) is 11.0 Å². The van der Waals surface area contributed by atoms with Crippen molar-refractivity contribution in [1.82, 2.24) is 10.9 Å². The zero-order valence-corrected chi connectivity index (χ0v) is 13.1. The van der Waals surface area contributed by atoms with Crippen molar-refractivity contribution < 1.29 is 9.18 Å². The summed E-state index contributed by atoms with van der Waals surface area (Å²) < 4.78 is 14.2. The first-order valence-corrected chi connectivity index (χ1v) is 7.14. The minimum absolute atomic E-state index is 0.0865. The van der Waals surface area contributed by atoms with Crippen molar-refractivity contribution in [2.24, 2.45) is 0 Å². The standard InChI is InChI=1S/C14H11BrFN3OS/c15-10-5-3-4-9(8-10)13(20)18-19-14(21)17-12-7-2-1-6-11(12)16/h1-8H,(H,18,20)(H2,17,19,21). The molecule has 4 nitrogen and oxygen atoms in total. The molecule has 0 aliphatic rings. The van der Waals surface area contributed by atoms with Gasteiger partial charge in [-0.15, -0.1) is 0 Å². The van der Waals surface area contributed by atoms with Gasteiger partial charge in [0.15, 0.2) is 5.11 Å². The first-order chi connectivity index (χ1) is 10.1. The van der Waals surface area contributed by atoms with Gasteiger partial charge in [0.25, 0.3) is 5.91 Å². The van der Waals surface area contributed by atoms with E-state index in [-0.39, 0.29) is 16.7 Å². The van der Waals surface area contributed by atoms with E-state index < -0.39 is 5.82 Å². The lowest BCUT2D eigenvalue weighted by Crippen LogP contribution is -2.43. The normalized spacial score (nSPS) is 9.81. The topological polar surface area (TPSA) is 53.2 Å². The number of para-hydroxylation sites is 1. The zero-order chi connectivity index (χ0) is 15.2. The van der Waals surface area contributed by atoms with E-state index in [1.165, 1.54) is 6.07 Å². The van der Waals surface area contributed by atoms with Crippen molar-refractivity contribution in [2.45, 2.75) is 0 Å². The molecule has 1 amide bonds. The molecule has 7 heteroatoms. The van der Waals surface area contributed by atoms with E-state index >= 15 is 0 Å². The molecule has 108 valence electrons. The molecule has 0 aliphatic carbocycles. The van der Waals surface area contributed by atoms with Crippen molar-refractivity contribution in [3.63, 3.8) is 0 Å². The van der Waals surface area contributed by atoms with E-state index in [0.29, 0.717) is 5.56 Å². The predicted octanol–water partition coefficient (Wildman–Crippen LogP) is 3.22. The molecule has 0 heterocycles. The Morgan fingerprint density at radius 1 is 1.10 bits per heavy atom. The largest absolute Gasteiger partial charge is 0.329 e. The van der Waals surface area contributed by atoms with Gasteiger partial charge in [-0.2, -0.15) is 0 Å². The average molecular weight is 368 g/mol. The van der Waals surface area contributed by atoms with E-state index in [1.54, 1.807) is 36.4 Å². The van der Waals surface area contributed by atoms with E-state index in [2.05, 4.69) is 32.1 Å². The summed E-state index contributed by atoms with van der Waals surface area (Å²) in [5, 5.41) is 2.74. The maximum atomic E-state index is 13.4. The molecule has 0 fully saturated rings. The van der Waals surface area contributed by atoms with Crippen LogP contribution in [0.1, 0.15) is 10.4 Å². The van der Waals surface area contributed by atoms with Gasteiger partial charge in [0, 0.05) is 10.0 Å². The quantitative estimate of drug-likeness (QED) is 0.563. The molecule has 0 saturated heterocycles. The number of carbonyl (C=O) groups excluding carboxylic acids is 1. The summed E-state index contributed by atoms with van der Waals surface area (Å²) in [7, 11) is 0. The fourth-order valence-corrected chi connectivity index (χ4v) is 2.09. The summed E-state index contributed by atoms with van der Waals surface area (Å²) in [4.78, 5) is 11.9. The van der Waals surface area contributed by atoms with E-state index in [0.717, 1.165) is 4.47 Å². The van der Waals surface area contributed by atoms with Crippen LogP contribution in [0.4, 0.5) is 10.1 Å². The number of amides is 1. The second-order valence-electron chi connectivity index (χ2n) is 4.02. The van der Waals surface area contributed by atoms with E-state index in [9.17, 15) is 9.18 Å². The van der Waals surface area contributed by atoms with Gasteiger partial charge in [-0.3, -0.25) is 15.6 Å². The molecule has 21 heavy (non-hydrogen) atoms. The number of thiocarbonyl (C=S) groups is 1. The summed E-state index contributed by atoms with van der Waals surface area (Å²) in [6, 6.07) is 13.0. The van der Waals surface area contributed by atoms with Gasteiger partial charge in [0.2, 0.25) is 0 Å². The molecule has 0 saturated carbocycles. The molecule has 3 N–H and O–H groups in total. The Labute approximate surface area is 134 Å². The highest BCUT2D eigenvalue weighted by Gasteiger charge is 2.07. The number of nitrogens with one attached hydrogen (secondary N) is 3. The molecule has 0 spiro atoms. The first-order valence-electron chi connectivity index (χ1n) is 5.93. The maximum absolute atomic E-state index is 13.4. The van der Waals surface area contributed by atoms with Gasteiger partial charge in [-0.25, -0.2) is 4.39 Å². The second kappa shape index (κ2) is 7.14. The Hall–Kier alpha value is -1.99. The monoisotopic (exact) mass is 367 g/mol. The van der Waals surface area contributed by atoms with Crippen molar-refractivity contribution in [3.8, 4) is 0 Å².